The Morgan fingerprint density at radius 1 is 1.08 bits per heavy atom. The molecule has 2 N–H and O–H groups in total. The summed E-state index contributed by atoms with van der Waals surface area (Å²) in [6, 6.07) is 11.8. The number of aromatic nitrogens is 1. The number of benzene rings is 2. The van der Waals surface area contributed by atoms with Gasteiger partial charge in [-0.2, -0.15) is 0 Å². The third kappa shape index (κ3) is 4.17. The molecule has 1 amide bonds. The van der Waals surface area contributed by atoms with Gasteiger partial charge in [0.1, 0.15) is 5.82 Å². The van der Waals surface area contributed by atoms with E-state index in [-0.39, 0.29) is 23.7 Å². The van der Waals surface area contributed by atoms with E-state index < -0.39 is 0 Å². The largest absolute Gasteiger partial charge is 0.355 e. The number of aryl methyl sites for hydroxylation is 2. The van der Waals surface area contributed by atoms with Gasteiger partial charge in [0.15, 0.2) is 0 Å². The van der Waals surface area contributed by atoms with Crippen LogP contribution < -0.4 is 10.9 Å². The van der Waals surface area contributed by atoms with Crippen LogP contribution in [-0.4, -0.2) is 17.4 Å². The number of fused-ring (bicyclic) bond motifs is 1. The Labute approximate surface area is 151 Å². The van der Waals surface area contributed by atoms with E-state index in [1.165, 1.54) is 17.7 Å². The lowest BCUT2D eigenvalue weighted by atomic mass is 10.0. The molecule has 0 aliphatic heterocycles. The van der Waals surface area contributed by atoms with Gasteiger partial charge >= 0.3 is 0 Å². The van der Waals surface area contributed by atoms with Gasteiger partial charge in [-0.05, 0) is 72.7 Å². The number of hydrogen-bond donors (Lipinski definition) is 2. The van der Waals surface area contributed by atoms with Gasteiger partial charge in [-0.15, -0.1) is 0 Å². The van der Waals surface area contributed by atoms with Crippen LogP contribution in [0.25, 0.3) is 10.9 Å². The standard InChI is InChI=1S/C21H21FN2O2/c1-13-9-17-12-16(21(26)24-19(17)10-14(13)2)7-8-23-20(25)11-15-3-5-18(22)6-4-15/h3-6,9-10,12H,7-8,11H2,1-2H3,(H,23,25)(H,24,26). The van der Waals surface area contributed by atoms with Crippen molar-refractivity contribution in [2.45, 2.75) is 26.7 Å². The molecule has 3 rings (SSSR count). The molecule has 0 fully saturated rings. The van der Waals surface area contributed by atoms with E-state index in [1.807, 2.05) is 26.0 Å². The molecule has 4 nitrogen and oxygen atoms in total. The quantitative estimate of drug-likeness (QED) is 0.741. The van der Waals surface area contributed by atoms with E-state index >= 15 is 0 Å². The zero-order valence-corrected chi connectivity index (χ0v) is 14.9. The van der Waals surface area contributed by atoms with Gasteiger partial charge in [-0.3, -0.25) is 9.59 Å². The Hall–Kier alpha value is -2.95. The highest BCUT2D eigenvalue weighted by molar-refractivity contribution is 5.81. The predicted molar refractivity (Wildman–Crippen MR) is 101 cm³/mol. The molecule has 2 aromatic carbocycles. The molecule has 1 aromatic heterocycles. The zero-order valence-electron chi connectivity index (χ0n) is 14.9. The van der Waals surface area contributed by atoms with Crippen molar-refractivity contribution < 1.29 is 9.18 Å². The minimum Gasteiger partial charge on any atom is -0.355 e. The Bertz CT molecular complexity index is 1010. The molecule has 0 aliphatic rings. The summed E-state index contributed by atoms with van der Waals surface area (Å²) in [6.07, 6.45) is 0.639. The average Bonchev–Trinajstić information content (AvgIpc) is 2.59. The molecule has 0 atom stereocenters. The number of rotatable bonds is 5. The number of H-pyrrole nitrogens is 1. The number of carbonyl (C=O) groups excluding carboxylic acids is 1. The summed E-state index contributed by atoms with van der Waals surface area (Å²) in [6.45, 7) is 4.42. The maximum atomic E-state index is 12.9. The summed E-state index contributed by atoms with van der Waals surface area (Å²) in [5.74, 6) is -0.476. The monoisotopic (exact) mass is 352 g/mol. The molecule has 0 bridgehead atoms. The molecule has 0 unspecified atom stereocenters. The second kappa shape index (κ2) is 7.52. The third-order valence-corrected chi connectivity index (χ3v) is 4.53. The predicted octanol–water partition coefficient (Wildman–Crippen LogP) is 3.19. The summed E-state index contributed by atoms with van der Waals surface area (Å²) >= 11 is 0. The maximum absolute atomic E-state index is 12.9. The minimum atomic E-state index is -0.324. The first kappa shape index (κ1) is 17.9. The van der Waals surface area contributed by atoms with Crippen LogP contribution in [0.2, 0.25) is 0 Å². The number of aromatic amines is 1. The van der Waals surface area contributed by atoms with Crippen molar-refractivity contribution in [1.29, 1.82) is 0 Å². The van der Waals surface area contributed by atoms with Crippen molar-refractivity contribution in [3.05, 3.63) is 80.9 Å². The highest BCUT2D eigenvalue weighted by atomic mass is 19.1. The second-order valence-electron chi connectivity index (χ2n) is 6.55. The normalized spacial score (nSPS) is 10.9. The highest BCUT2D eigenvalue weighted by Crippen LogP contribution is 2.17. The minimum absolute atomic E-state index is 0.131. The van der Waals surface area contributed by atoms with E-state index in [0.717, 1.165) is 22.0 Å². The first-order valence-corrected chi connectivity index (χ1v) is 8.56. The molecule has 1 heterocycles. The number of carbonyl (C=O) groups is 1. The number of nitrogens with one attached hydrogen (secondary N) is 2. The Morgan fingerprint density at radius 3 is 2.50 bits per heavy atom. The SMILES string of the molecule is Cc1cc2cc(CCNC(=O)Cc3ccc(F)cc3)c(=O)[nH]c2cc1C. The van der Waals surface area contributed by atoms with Gasteiger partial charge in [-0.25, -0.2) is 4.39 Å². The summed E-state index contributed by atoms with van der Waals surface area (Å²) in [7, 11) is 0. The first-order valence-electron chi connectivity index (χ1n) is 8.56. The van der Waals surface area contributed by atoms with Crippen LogP contribution in [0.4, 0.5) is 4.39 Å². The number of halogens is 1. The van der Waals surface area contributed by atoms with Crippen LogP contribution >= 0.6 is 0 Å². The number of hydrogen-bond acceptors (Lipinski definition) is 2. The van der Waals surface area contributed by atoms with Crippen molar-refractivity contribution in [2.75, 3.05) is 6.54 Å². The topological polar surface area (TPSA) is 62.0 Å². The maximum Gasteiger partial charge on any atom is 0.251 e. The fourth-order valence-electron chi connectivity index (χ4n) is 2.89. The van der Waals surface area contributed by atoms with E-state index in [2.05, 4.69) is 16.4 Å². The van der Waals surface area contributed by atoms with Crippen LogP contribution in [-0.2, 0) is 17.6 Å². The molecule has 134 valence electrons. The summed E-state index contributed by atoms with van der Waals surface area (Å²) in [5, 5.41) is 3.79. The van der Waals surface area contributed by atoms with Gasteiger partial charge < -0.3 is 10.3 Å². The van der Waals surface area contributed by atoms with Crippen LogP contribution in [0.3, 0.4) is 0 Å². The number of amides is 1. The van der Waals surface area contributed by atoms with E-state index in [4.69, 9.17) is 0 Å². The van der Waals surface area contributed by atoms with Gasteiger partial charge in [0.05, 0.1) is 6.42 Å². The van der Waals surface area contributed by atoms with Crippen molar-refractivity contribution in [2.24, 2.45) is 0 Å². The third-order valence-electron chi connectivity index (χ3n) is 4.53. The summed E-state index contributed by atoms with van der Waals surface area (Å²) < 4.78 is 12.9. The molecule has 0 aliphatic carbocycles. The molecule has 3 aromatic rings. The molecule has 0 radical (unpaired) electrons. The average molecular weight is 352 g/mol. The first-order chi connectivity index (χ1) is 12.4. The summed E-state index contributed by atoms with van der Waals surface area (Å²) in [5.41, 5.74) is 4.38. The van der Waals surface area contributed by atoms with Crippen LogP contribution in [0, 0.1) is 19.7 Å². The van der Waals surface area contributed by atoms with Gasteiger partial charge in [0.25, 0.3) is 5.56 Å². The Morgan fingerprint density at radius 2 is 1.77 bits per heavy atom. The van der Waals surface area contributed by atoms with Gasteiger partial charge in [-0.1, -0.05) is 12.1 Å². The molecule has 0 spiro atoms. The van der Waals surface area contributed by atoms with Gasteiger partial charge in [0, 0.05) is 17.6 Å². The fourth-order valence-corrected chi connectivity index (χ4v) is 2.89. The Balaban J connectivity index is 1.63. The van der Waals surface area contributed by atoms with Crippen molar-refractivity contribution in [3.8, 4) is 0 Å². The van der Waals surface area contributed by atoms with Crippen LogP contribution in [0.5, 0.6) is 0 Å². The van der Waals surface area contributed by atoms with E-state index in [0.29, 0.717) is 18.5 Å². The molecule has 0 saturated carbocycles. The lowest BCUT2D eigenvalue weighted by Crippen LogP contribution is -2.28. The smallest absolute Gasteiger partial charge is 0.251 e. The van der Waals surface area contributed by atoms with Crippen molar-refractivity contribution in [3.63, 3.8) is 0 Å². The van der Waals surface area contributed by atoms with E-state index in [9.17, 15) is 14.0 Å². The highest BCUT2D eigenvalue weighted by Gasteiger charge is 2.07. The molecule has 26 heavy (non-hydrogen) atoms. The number of pyridine rings is 1. The molecule has 5 heteroatoms. The summed E-state index contributed by atoms with van der Waals surface area (Å²) in [4.78, 5) is 27.1. The van der Waals surface area contributed by atoms with Crippen LogP contribution in [0.1, 0.15) is 22.3 Å². The zero-order chi connectivity index (χ0) is 18.7. The molecular formula is C21H21FN2O2. The lowest BCUT2D eigenvalue weighted by Gasteiger charge is -2.08. The Kier molecular flexibility index (Phi) is 5.16. The molecule has 0 saturated heterocycles. The van der Waals surface area contributed by atoms with E-state index in [1.54, 1.807) is 12.1 Å². The lowest BCUT2D eigenvalue weighted by molar-refractivity contribution is -0.120. The van der Waals surface area contributed by atoms with Crippen molar-refractivity contribution in [1.82, 2.24) is 10.3 Å². The van der Waals surface area contributed by atoms with Crippen LogP contribution in [0.15, 0.2) is 47.3 Å². The van der Waals surface area contributed by atoms with Crippen molar-refractivity contribution >= 4 is 16.8 Å². The second-order valence-corrected chi connectivity index (χ2v) is 6.55. The fraction of sp³-hybridized carbons (Fsp3) is 0.238. The van der Waals surface area contributed by atoms with Gasteiger partial charge in [0.2, 0.25) is 5.91 Å². The molecular weight excluding hydrogens is 331 g/mol.